The molecule has 0 unspecified atom stereocenters. The Morgan fingerprint density at radius 2 is 1.85 bits per heavy atom. The number of aliphatic imine (C=N–C) groups is 1. The Balaban J connectivity index is 0.00000243. The summed E-state index contributed by atoms with van der Waals surface area (Å²) in [5, 5.41) is 13.1. The maximum absolute atomic E-state index is 9.74. The molecule has 1 aromatic rings. The van der Waals surface area contributed by atoms with Gasteiger partial charge in [0.25, 0.3) is 0 Å². The normalized spacial score (nSPS) is 21.7. The van der Waals surface area contributed by atoms with Crippen LogP contribution in [0.15, 0.2) is 29.3 Å². The molecule has 6 heteroatoms. The van der Waals surface area contributed by atoms with Crippen LogP contribution in [0, 0.1) is 5.92 Å². The molecule has 2 N–H and O–H groups in total. The van der Waals surface area contributed by atoms with Crippen molar-refractivity contribution in [1.29, 1.82) is 0 Å². The number of benzene rings is 1. The average molecular weight is 472 g/mol. The van der Waals surface area contributed by atoms with E-state index in [1.54, 1.807) is 0 Å². The fraction of sp³-hybridized carbons (Fsp3) is 0.650. The number of guanidine groups is 1. The van der Waals surface area contributed by atoms with E-state index >= 15 is 0 Å². The van der Waals surface area contributed by atoms with E-state index in [2.05, 4.69) is 53.2 Å². The van der Waals surface area contributed by atoms with Crippen LogP contribution in [0.1, 0.15) is 38.7 Å². The molecule has 146 valence electrons. The first-order valence-corrected chi connectivity index (χ1v) is 9.71. The molecule has 2 aliphatic rings. The number of nitrogens with one attached hydrogen (secondary N) is 1. The molecule has 2 saturated heterocycles. The zero-order chi connectivity index (χ0) is 17.6. The van der Waals surface area contributed by atoms with Gasteiger partial charge in [0.1, 0.15) is 0 Å². The molecule has 0 radical (unpaired) electrons. The predicted molar refractivity (Wildman–Crippen MR) is 119 cm³/mol. The van der Waals surface area contributed by atoms with Crippen LogP contribution in [0.2, 0.25) is 0 Å². The molecule has 0 amide bonds. The number of rotatable bonds is 4. The molecule has 2 aliphatic heterocycles. The first kappa shape index (κ1) is 21.3. The van der Waals surface area contributed by atoms with Gasteiger partial charge in [0.05, 0.1) is 12.6 Å². The lowest BCUT2D eigenvalue weighted by atomic mass is 9.99. The van der Waals surface area contributed by atoms with Gasteiger partial charge >= 0.3 is 0 Å². The van der Waals surface area contributed by atoms with Crippen molar-refractivity contribution in [2.45, 2.75) is 45.8 Å². The van der Waals surface area contributed by atoms with E-state index in [1.807, 2.05) is 0 Å². The SMILES string of the molecule is CCNC(=NCc1ccc(N2CCC(C)CC2)cc1)N1CC[C@@H](O)C1.I. The van der Waals surface area contributed by atoms with E-state index in [0.29, 0.717) is 13.1 Å². The van der Waals surface area contributed by atoms with Crippen molar-refractivity contribution in [3.63, 3.8) is 0 Å². The van der Waals surface area contributed by atoms with E-state index in [-0.39, 0.29) is 30.1 Å². The Hall–Kier alpha value is -1.02. The first-order valence-electron chi connectivity index (χ1n) is 9.71. The summed E-state index contributed by atoms with van der Waals surface area (Å²) in [5.41, 5.74) is 2.55. The van der Waals surface area contributed by atoms with Gasteiger partial charge in [-0.1, -0.05) is 19.1 Å². The van der Waals surface area contributed by atoms with E-state index in [0.717, 1.165) is 31.4 Å². The number of hydrogen-bond donors (Lipinski definition) is 2. The quantitative estimate of drug-likeness (QED) is 0.402. The molecule has 0 saturated carbocycles. The van der Waals surface area contributed by atoms with E-state index < -0.39 is 0 Å². The highest BCUT2D eigenvalue weighted by atomic mass is 127. The summed E-state index contributed by atoms with van der Waals surface area (Å²) in [6.45, 7) is 9.83. The number of anilines is 1. The maximum Gasteiger partial charge on any atom is 0.194 e. The lowest BCUT2D eigenvalue weighted by Crippen LogP contribution is -2.40. The average Bonchev–Trinajstić information content (AvgIpc) is 3.06. The monoisotopic (exact) mass is 472 g/mol. The van der Waals surface area contributed by atoms with Gasteiger partial charge < -0.3 is 20.2 Å². The molecular formula is C20H33IN4O. The number of nitrogens with zero attached hydrogens (tertiary/aromatic N) is 3. The highest BCUT2D eigenvalue weighted by molar-refractivity contribution is 14.0. The summed E-state index contributed by atoms with van der Waals surface area (Å²) >= 11 is 0. The molecule has 5 nitrogen and oxygen atoms in total. The molecule has 1 aromatic carbocycles. The van der Waals surface area contributed by atoms with Crippen LogP contribution in [0.4, 0.5) is 5.69 Å². The van der Waals surface area contributed by atoms with Crippen LogP contribution in [-0.4, -0.2) is 54.8 Å². The van der Waals surface area contributed by atoms with Gasteiger partial charge in [0.15, 0.2) is 5.96 Å². The van der Waals surface area contributed by atoms with Crippen molar-refractivity contribution in [3.05, 3.63) is 29.8 Å². The molecule has 2 fully saturated rings. The van der Waals surface area contributed by atoms with Gasteiger partial charge in [0.2, 0.25) is 0 Å². The lowest BCUT2D eigenvalue weighted by molar-refractivity contribution is 0.188. The Bertz CT molecular complexity index is 570. The van der Waals surface area contributed by atoms with Crippen molar-refractivity contribution in [2.24, 2.45) is 10.9 Å². The van der Waals surface area contributed by atoms with Crippen LogP contribution in [0.3, 0.4) is 0 Å². The Morgan fingerprint density at radius 1 is 1.15 bits per heavy atom. The van der Waals surface area contributed by atoms with Crippen molar-refractivity contribution < 1.29 is 5.11 Å². The van der Waals surface area contributed by atoms with Crippen molar-refractivity contribution in [2.75, 3.05) is 37.6 Å². The topological polar surface area (TPSA) is 51.1 Å². The highest BCUT2D eigenvalue weighted by Gasteiger charge is 2.22. The highest BCUT2D eigenvalue weighted by Crippen LogP contribution is 2.23. The Kier molecular flexibility index (Phi) is 8.47. The van der Waals surface area contributed by atoms with Gasteiger partial charge in [-0.25, -0.2) is 4.99 Å². The number of likely N-dealkylation sites (tertiary alicyclic amines) is 1. The number of aliphatic hydroxyl groups excluding tert-OH is 1. The van der Waals surface area contributed by atoms with Crippen LogP contribution in [-0.2, 0) is 6.54 Å². The standard InChI is InChI=1S/C20H32N4O.HI/c1-3-21-20(24-13-10-19(25)15-24)22-14-17-4-6-18(7-5-17)23-11-8-16(2)9-12-23;/h4-7,16,19,25H,3,8-15H2,1-2H3,(H,21,22);1H/t19-;/m1./s1. The minimum absolute atomic E-state index is 0. The second-order valence-electron chi connectivity index (χ2n) is 7.39. The molecule has 0 spiro atoms. The van der Waals surface area contributed by atoms with Crippen LogP contribution in [0.5, 0.6) is 0 Å². The molecule has 1 atom stereocenters. The second kappa shape index (κ2) is 10.3. The zero-order valence-electron chi connectivity index (χ0n) is 16.0. The second-order valence-corrected chi connectivity index (χ2v) is 7.39. The fourth-order valence-corrected chi connectivity index (χ4v) is 3.61. The summed E-state index contributed by atoms with van der Waals surface area (Å²) in [5.74, 6) is 1.77. The predicted octanol–water partition coefficient (Wildman–Crippen LogP) is 3.07. The number of β-amino-alcohol motifs (C(OH)–C–C–N with tert-alkyl or cyclic N) is 1. The Labute approximate surface area is 174 Å². The third-order valence-electron chi connectivity index (χ3n) is 5.29. The van der Waals surface area contributed by atoms with E-state index in [9.17, 15) is 5.11 Å². The summed E-state index contributed by atoms with van der Waals surface area (Å²) in [7, 11) is 0. The molecule has 0 aliphatic carbocycles. The third kappa shape index (κ3) is 5.74. The lowest BCUT2D eigenvalue weighted by Gasteiger charge is -2.32. The summed E-state index contributed by atoms with van der Waals surface area (Å²) in [6, 6.07) is 8.85. The van der Waals surface area contributed by atoms with Gasteiger partial charge in [-0.2, -0.15) is 0 Å². The first-order chi connectivity index (χ1) is 12.2. The molecule has 0 aromatic heterocycles. The molecule has 0 bridgehead atoms. The minimum atomic E-state index is -0.226. The van der Waals surface area contributed by atoms with Gasteiger partial charge in [-0.15, -0.1) is 24.0 Å². The molecule has 26 heavy (non-hydrogen) atoms. The smallest absolute Gasteiger partial charge is 0.194 e. The number of aliphatic hydroxyl groups is 1. The van der Waals surface area contributed by atoms with Gasteiger partial charge in [-0.3, -0.25) is 0 Å². The number of hydrogen-bond acceptors (Lipinski definition) is 3. The number of halogens is 1. The summed E-state index contributed by atoms with van der Waals surface area (Å²) in [4.78, 5) is 9.40. The van der Waals surface area contributed by atoms with Crippen molar-refractivity contribution in [1.82, 2.24) is 10.2 Å². The fourth-order valence-electron chi connectivity index (χ4n) is 3.61. The number of piperidine rings is 1. The van der Waals surface area contributed by atoms with Crippen molar-refractivity contribution >= 4 is 35.6 Å². The molecular weight excluding hydrogens is 439 g/mol. The summed E-state index contributed by atoms with van der Waals surface area (Å²) in [6.07, 6.45) is 3.18. The molecule has 2 heterocycles. The van der Waals surface area contributed by atoms with Crippen LogP contribution >= 0.6 is 24.0 Å². The maximum atomic E-state index is 9.74. The van der Waals surface area contributed by atoms with Gasteiger partial charge in [0, 0.05) is 38.4 Å². The van der Waals surface area contributed by atoms with Crippen LogP contribution < -0.4 is 10.2 Å². The minimum Gasteiger partial charge on any atom is -0.391 e. The Morgan fingerprint density at radius 3 is 2.42 bits per heavy atom. The zero-order valence-corrected chi connectivity index (χ0v) is 18.4. The largest absolute Gasteiger partial charge is 0.391 e. The third-order valence-corrected chi connectivity index (χ3v) is 5.29. The van der Waals surface area contributed by atoms with E-state index in [1.165, 1.54) is 37.2 Å². The van der Waals surface area contributed by atoms with Crippen molar-refractivity contribution in [3.8, 4) is 0 Å². The van der Waals surface area contributed by atoms with Gasteiger partial charge in [-0.05, 0) is 49.8 Å². The summed E-state index contributed by atoms with van der Waals surface area (Å²) < 4.78 is 0. The molecule has 3 rings (SSSR count). The van der Waals surface area contributed by atoms with E-state index in [4.69, 9.17) is 4.99 Å². The van der Waals surface area contributed by atoms with Crippen LogP contribution in [0.25, 0.3) is 0 Å².